The number of aromatic nitrogens is 2. The number of fused-ring (bicyclic) bond motifs is 1. The van der Waals surface area contributed by atoms with Crippen LogP contribution in [0.5, 0.6) is 0 Å². The average Bonchev–Trinajstić information content (AvgIpc) is 2.82. The summed E-state index contributed by atoms with van der Waals surface area (Å²) in [5.41, 5.74) is 4.17. The van der Waals surface area contributed by atoms with Gasteiger partial charge in [-0.25, -0.2) is 0 Å². The van der Waals surface area contributed by atoms with E-state index in [4.69, 9.17) is 4.98 Å². The van der Waals surface area contributed by atoms with Gasteiger partial charge in [0.1, 0.15) is 0 Å². The van der Waals surface area contributed by atoms with Gasteiger partial charge in [-0.3, -0.25) is 9.97 Å². The first-order valence-electron chi connectivity index (χ1n) is 11.5. The SMILES string of the molecule is CC1(C)[C@@H]2C[C@H]1c1ccc(-c3ccccn3)nc1[C@H]2[C@@](C)(O)c1ccc2ccccc2c1. The maximum Gasteiger partial charge on any atom is 0.0955 e. The molecule has 0 spiro atoms. The zero-order valence-corrected chi connectivity index (χ0v) is 18.8. The summed E-state index contributed by atoms with van der Waals surface area (Å²) >= 11 is 0. The van der Waals surface area contributed by atoms with Crippen molar-refractivity contribution in [2.45, 2.75) is 44.6 Å². The van der Waals surface area contributed by atoms with E-state index < -0.39 is 5.60 Å². The highest BCUT2D eigenvalue weighted by atomic mass is 16.3. The van der Waals surface area contributed by atoms with Gasteiger partial charge in [0.25, 0.3) is 0 Å². The molecule has 0 unspecified atom stereocenters. The lowest BCUT2D eigenvalue weighted by Crippen LogP contribution is -2.55. The van der Waals surface area contributed by atoms with Gasteiger partial charge in [-0.05, 0) is 76.8 Å². The molecule has 0 amide bonds. The van der Waals surface area contributed by atoms with Gasteiger partial charge < -0.3 is 5.11 Å². The molecule has 2 bridgehead atoms. The third-order valence-corrected chi connectivity index (χ3v) is 8.24. The summed E-state index contributed by atoms with van der Waals surface area (Å²) in [6, 6.07) is 24.9. The van der Waals surface area contributed by atoms with E-state index >= 15 is 0 Å². The van der Waals surface area contributed by atoms with Crippen LogP contribution in [0, 0.1) is 11.3 Å². The Hall–Kier alpha value is -3.04. The summed E-state index contributed by atoms with van der Waals surface area (Å²) in [7, 11) is 0. The zero-order valence-electron chi connectivity index (χ0n) is 18.8. The monoisotopic (exact) mass is 420 g/mol. The molecule has 0 aliphatic heterocycles. The first-order valence-corrected chi connectivity index (χ1v) is 11.5. The van der Waals surface area contributed by atoms with Crippen molar-refractivity contribution in [3.05, 3.63) is 95.8 Å². The van der Waals surface area contributed by atoms with Crippen LogP contribution in [0.25, 0.3) is 22.2 Å². The van der Waals surface area contributed by atoms with Gasteiger partial charge in [0.05, 0.1) is 22.7 Å². The van der Waals surface area contributed by atoms with Crippen LogP contribution >= 0.6 is 0 Å². The van der Waals surface area contributed by atoms with Gasteiger partial charge in [0.2, 0.25) is 0 Å². The molecule has 1 saturated carbocycles. The van der Waals surface area contributed by atoms with Crippen LogP contribution in [0.1, 0.15) is 55.8 Å². The molecule has 3 nitrogen and oxygen atoms in total. The summed E-state index contributed by atoms with van der Waals surface area (Å²) in [6.45, 7) is 6.69. The number of hydrogen-bond acceptors (Lipinski definition) is 3. The van der Waals surface area contributed by atoms with Gasteiger partial charge in [-0.1, -0.05) is 62.4 Å². The quantitative estimate of drug-likeness (QED) is 0.415. The van der Waals surface area contributed by atoms with Crippen LogP contribution in [0.15, 0.2) is 79.0 Å². The number of hydrogen-bond donors (Lipinski definition) is 1. The molecule has 160 valence electrons. The zero-order chi connectivity index (χ0) is 22.1. The Morgan fingerprint density at radius 1 is 0.906 bits per heavy atom. The Morgan fingerprint density at radius 2 is 1.69 bits per heavy atom. The molecular weight excluding hydrogens is 392 g/mol. The van der Waals surface area contributed by atoms with E-state index in [1.165, 1.54) is 10.9 Å². The largest absolute Gasteiger partial charge is 0.385 e. The molecular formula is C29H28N2O. The van der Waals surface area contributed by atoms with Gasteiger partial charge in [-0.15, -0.1) is 0 Å². The summed E-state index contributed by atoms with van der Waals surface area (Å²) in [5.74, 6) is 0.812. The van der Waals surface area contributed by atoms with Crippen LogP contribution in [0.3, 0.4) is 0 Å². The lowest BCUT2D eigenvalue weighted by Gasteiger charge is -2.62. The third kappa shape index (κ3) is 2.70. The van der Waals surface area contributed by atoms with Crippen molar-refractivity contribution in [2.24, 2.45) is 11.3 Å². The average molecular weight is 421 g/mol. The van der Waals surface area contributed by atoms with Crippen LogP contribution < -0.4 is 0 Å². The molecule has 1 N–H and O–H groups in total. The van der Waals surface area contributed by atoms with Gasteiger partial charge in [0.15, 0.2) is 0 Å². The van der Waals surface area contributed by atoms with E-state index in [9.17, 15) is 5.11 Å². The van der Waals surface area contributed by atoms with E-state index in [-0.39, 0.29) is 11.3 Å². The van der Waals surface area contributed by atoms with E-state index in [0.717, 1.165) is 34.5 Å². The van der Waals surface area contributed by atoms with Crippen molar-refractivity contribution >= 4 is 10.8 Å². The summed E-state index contributed by atoms with van der Waals surface area (Å²) in [6.07, 6.45) is 2.92. The fraction of sp³-hybridized carbons (Fsp3) is 0.310. The lowest BCUT2D eigenvalue weighted by atomic mass is 9.42. The Morgan fingerprint density at radius 3 is 2.44 bits per heavy atom. The van der Waals surface area contributed by atoms with E-state index in [0.29, 0.717) is 11.8 Å². The van der Waals surface area contributed by atoms with Gasteiger partial charge in [-0.2, -0.15) is 0 Å². The van der Waals surface area contributed by atoms with E-state index in [1.807, 2.05) is 25.1 Å². The lowest BCUT2D eigenvalue weighted by molar-refractivity contribution is -0.0906. The number of nitrogens with zero attached hydrogens (tertiary/aromatic N) is 2. The molecule has 2 aromatic heterocycles. The van der Waals surface area contributed by atoms with Crippen molar-refractivity contribution in [1.82, 2.24) is 9.97 Å². The molecule has 3 aliphatic rings. The number of benzene rings is 2. The highest BCUT2D eigenvalue weighted by Crippen LogP contribution is 2.69. The molecule has 4 aromatic rings. The van der Waals surface area contributed by atoms with E-state index in [2.05, 4.69) is 73.4 Å². The van der Waals surface area contributed by atoms with Crippen LogP contribution in [0.2, 0.25) is 0 Å². The summed E-state index contributed by atoms with van der Waals surface area (Å²) < 4.78 is 0. The topological polar surface area (TPSA) is 46.0 Å². The van der Waals surface area contributed by atoms with Crippen molar-refractivity contribution in [2.75, 3.05) is 0 Å². The highest BCUT2D eigenvalue weighted by molar-refractivity contribution is 5.83. The predicted octanol–water partition coefficient (Wildman–Crippen LogP) is 6.43. The van der Waals surface area contributed by atoms with Gasteiger partial charge in [0, 0.05) is 12.1 Å². The molecule has 2 aromatic carbocycles. The molecule has 32 heavy (non-hydrogen) atoms. The number of pyridine rings is 2. The Kier molecular flexibility index (Phi) is 4.13. The minimum atomic E-state index is -1.03. The minimum Gasteiger partial charge on any atom is -0.385 e. The third-order valence-electron chi connectivity index (χ3n) is 8.24. The molecule has 0 radical (unpaired) electrons. The normalized spacial score (nSPS) is 24.9. The second-order valence-electron chi connectivity index (χ2n) is 10.3. The highest BCUT2D eigenvalue weighted by Gasteiger charge is 2.61. The second kappa shape index (κ2) is 6.73. The summed E-state index contributed by atoms with van der Waals surface area (Å²) in [5, 5.41) is 14.5. The Balaban J connectivity index is 1.52. The fourth-order valence-electron chi connectivity index (χ4n) is 6.27. The maximum absolute atomic E-state index is 12.1. The van der Waals surface area contributed by atoms with Crippen molar-refractivity contribution in [1.29, 1.82) is 0 Å². The number of rotatable bonds is 3. The molecule has 1 fully saturated rings. The fourth-order valence-corrected chi connectivity index (χ4v) is 6.27. The van der Waals surface area contributed by atoms with Crippen LogP contribution in [-0.4, -0.2) is 15.1 Å². The summed E-state index contributed by atoms with van der Waals surface area (Å²) in [4.78, 5) is 9.65. The number of aliphatic hydroxyl groups is 1. The van der Waals surface area contributed by atoms with Crippen LogP contribution in [-0.2, 0) is 5.60 Å². The minimum absolute atomic E-state index is 0.0673. The molecule has 2 heterocycles. The molecule has 3 heteroatoms. The smallest absolute Gasteiger partial charge is 0.0955 e. The van der Waals surface area contributed by atoms with Crippen molar-refractivity contribution in [3.63, 3.8) is 0 Å². The van der Waals surface area contributed by atoms with Crippen molar-refractivity contribution < 1.29 is 5.11 Å². The standard InChI is InChI=1S/C29H28N2O/c1-28(2)22-17-23(28)26(27-21(22)13-14-25(31-27)24-10-6-7-15-30-24)29(3,32)20-12-11-18-8-4-5-9-19(18)16-20/h4-16,22-23,26,32H,17H2,1-3H3/t22-,23+,26-,29-/m0/s1. The van der Waals surface area contributed by atoms with Crippen molar-refractivity contribution in [3.8, 4) is 11.4 Å². The Bertz CT molecular complexity index is 1330. The molecule has 3 aliphatic carbocycles. The second-order valence-corrected chi connectivity index (χ2v) is 10.3. The molecule has 7 rings (SSSR count). The van der Waals surface area contributed by atoms with Gasteiger partial charge >= 0.3 is 0 Å². The Labute approximate surface area is 189 Å². The van der Waals surface area contributed by atoms with E-state index in [1.54, 1.807) is 6.20 Å². The molecule has 4 atom stereocenters. The molecule has 0 saturated heterocycles. The first kappa shape index (κ1) is 19.6. The first-order chi connectivity index (χ1) is 15.4. The maximum atomic E-state index is 12.1. The van der Waals surface area contributed by atoms with Crippen LogP contribution in [0.4, 0.5) is 0 Å². The predicted molar refractivity (Wildman–Crippen MR) is 128 cm³/mol.